The second-order valence-corrected chi connectivity index (χ2v) is 9.74. The number of methoxy groups -OCH3 is 1. The molecule has 0 aromatic heterocycles. The van der Waals surface area contributed by atoms with Crippen molar-refractivity contribution < 1.29 is 14.3 Å². The highest BCUT2D eigenvalue weighted by Crippen LogP contribution is 2.43. The van der Waals surface area contributed by atoms with E-state index in [4.69, 9.17) is 4.74 Å². The topological polar surface area (TPSA) is 56.3 Å². The third-order valence-electron chi connectivity index (χ3n) is 7.62. The molecule has 1 spiro atoms. The van der Waals surface area contributed by atoms with Crippen molar-refractivity contribution in [2.75, 3.05) is 67.0 Å². The van der Waals surface area contributed by atoms with Crippen LogP contribution in [0.15, 0.2) is 18.2 Å². The number of likely N-dealkylation sites (tertiary alicyclic amines) is 2. The highest BCUT2D eigenvalue weighted by atomic mass is 16.5. The zero-order valence-electron chi connectivity index (χ0n) is 19.4. The third kappa shape index (κ3) is 4.44. The second kappa shape index (κ2) is 8.79. The molecule has 1 aromatic rings. The number of ether oxygens (including phenoxy) is 1. The first kappa shape index (κ1) is 22.1. The number of likely N-dealkylation sites (N-methyl/N-ethyl adjacent to an activating group) is 2. The molecule has 3 saturated heterocycles. The Morgan fingerprint density at radius 3 is 2.29 bits per heavy atom. The minimum atomic E-state index is -0.0190. The Labute approximate surface area is 185 Å². The summed E-state index contributed by atoms with van der Waals surface area (Å²) in [4.78, 5) is 34.8. The van der Waals surface area contributed by atoms with Gasteiger partial charge in [0.15, 0.2) is 0 Å². The molecule has 3 fully saturated rings. The maximum absolute atomic E-state index is 13.2. The van der Waals surface area contributed by atoms with Crippen molar-refractivity contribution >= 4 is 11.8 Å². The summed E-state index contributed by atoms with van der Waals surface area (Å²) in [5.41, 5.74) is 1.85. The molecular weight excluding hydrogens is 392 g/mol. The standard InChI is InChI=1S/C24H36N4O3/c1-18-15-19(31-4)5-6-20(18)22(29)27-9-7-24(8-10-27)16-21(26(3)17-24)23(30)28-13-11-25(2)12-14-28/h5-6,15,21H,7-14,16-17H2,1-4H3. The van der Waals surface area contributed by atoms with Crippen LogP contribution in [0.4, 0.5) is 0 Å². The first-order valence-electron chi connectivity index (χ1n) is 11.4. The molecule has 0 radical (unpaired) electrons. The Balaban J connectivity index is 1.37. The molecule has 3 aliphatic rings. The lowest BCUT2D eigenvalue weighted by Crippen LogP contribution is -2.52. The molecule has 170 valence electrons. The van der Waals surface area contributed by atoms with Gasteiger partial charge >= 0.3 is 0 Å². The molecule has 0 N–H and O–H groups in total. The van der Waals surface area contributed by atoms with Crippen LogP contribution in [0.3, 0.4) is 0 Å². The average Bonchev–Trinajstić information content (AvgIpc) is 3.09. The summed E-state index contributed by atoms with van der Waals surface area (Å²) in [6.07, 6.45) is 2.84. The van der Waals surface area contributed by atoms with Crippen molar-refractivity contribution in [1.82, 2.24) is 19.6 Å². The number of carbonyl (C=O) groups excluding carboxylic acids is 2. The summed E-state index contributed by atoms with van der Waals surface area (Å²) in [5, 5.41) is 0. The van der Waals surface area contributed by atoms with Gasteiger partial charge in [0.2, 0.25) is 5.91 Å². The van der Waals surface area contributed by atoms with Crippen LogP contribution in [0.5, 0.6) is 5.75 Å². The predicted octanol–water partition coefficient (Wildman–Crippen LogP) is 1.70. The van der Waals surface area contributed by atoms with Crippen LogP contribution < -0.4 is 4.74 Å². The fraction of sp³-hybridized carbons (Fsp3) is 0.667. The van der Waals surface area contributed by atoms with E-state index in [9.17, 15) is 9.59 Å². The van der Waals surface area contributed by atoms with Crippen molar-refractivity contribution in [3.8, 4) is 5.75 Å². The summed E-state index contributed by atoms with van der Waals surface area (Å²) >= 11 is 0. The molecular formula is C24H36N4O3. The van der Waals surface area contributed by atoms with Crippen molar-refractivity contribution in [1.29, 1.82) is 0 Å². The monoisotopic (exact) mass is 428 g/mol. The molecule has 3 heterocycles. The van der Waals surface area contributed by atoms with Gasteiger partial charge in [0.1, 0.15) is 5.75 Å². The zero-order valence-corrected chi connectivity index (χ0v) is 19.4. The van der Waals surface area contributed by atoms with E-state index in [1.165, 1.54) is 0 Å². The average molecular weight is 429 g/mol. The van der Waals surface area contributed by atoms with Crippen molar-refractivity contribution in [2.45, 2.75) is 32.2 Å². The number of nitrogens with zero attached hydrogens (tertiary/aromatic N) is 4. The number of rotatable bonds is 3. The van der Waals surface area contributed by atoms with Gasteiger partial charge in [0.25, 0.3) is 5.91 Å². The van der Waals surface area contributed by atoms with Crippen LogP contribution in [0.25, 0.3) is 0 Å². The molecule has 1 atom stereocenters. The minimum Gasteiger partial charge on any atom is -0.497 e. The Kier molecular flexibility index (Phi) is 6.26. The smallest absolute Gasteiger partial charge is 0.254 e. The number of amides is 2. The van der Waals surface area contributed by atoms with E-state index in [2.05, 4.69) is 23.9 Å². The fourth-order valence-electron chi connectivity index (χ4n) is 5.50. The van der Waals surface area contributed by atoms with E-state index < -0.39 is 0 Å². The number of hydrogen-bond acceptors (Lipinski definition) is 5. The third-order valence-corrected chi connectivity index (χ3v) is 7.62. The van der Waals surface area contributed by atoms with E-state index in [1.807, 2.05) is 34.9 Å². The molecule has 1 aromatic carbocycles. The lowest BCUT2D eigenvalue weighted by Gasteiger charge is -2.39. The van der Waals surface area contributed by atoms with Crippen LogP contribution in [0.2, 0.25) is 0 Å². The summed E-state index contributed by atoms with van der Waals surface area (Å²) in [6.45, 7) is 7.99. The number of aryl methyl sites for hydroxylation is 1. The van der Waals surface area contributed by atoms with Gasteiger partial charge in [0, 0.05) is 51.4 Å². The molecule has 0 bridgehead atoms. The van der Waals surface area contributed by atoms with Gasteiger partial charge in [-0.3, -0.25) is 14.5 Å². The van der Waals surface area contributed by atoms with E-state index in [1.54, 1.807) is 7.11 Å². The lowest BCUT2D eigenvalue weighted by atomic mass is 9.76. The van der Waals surface area contributed by atoms with Crippen LogP contribution in [-0.2, 0) is 4.79 Å². The zero-order chi connectivity index (χ0) is 22.2. The molecule has 3 aliphatic heterocycles. The minimum absolute atomic E-state index is 0.0190. The Morgan fingerprint density at radius 2 is 1.68 bits per heavy atom. The van der Waals surface area contributed by atoms with Gasteiger partial charge in [-0.25, -0.2) is 0 Å². The number of carbonyl (C=O) groups is 2. The van der Waals surface area contributed by atoms with Crippen LogP contribution in [-0.4, -0.2) is 104 Å². The number of piperazine rings is 1. The molecule has 0 saturated carbocycles. The SMILES string of the molecule is COc1ccc(C(=O)N2CCC3(CC2)CC(C(=O)N2CCN(C)CC2)N(C)C3)c(C)c1. The maximum atomic E-state index is 13.2. The van der Waals surface area contributed by atoms with E-state index in [-0.39, 0.29) is 17.4 Å². The summed E-state index contributed by atoms with van der Waals surface area (Å²) in [5.74, 6) is 1.17. The summed E-state index contributed by atoms with van der Waals surface area (Å²) in [6, 6.07) is 5.62. The molecule has 2 amide bonds. The van der Waals surface area contributed by atoms with Crippen molar-refractivity contribution in [3.63, 3.8) is 0 Å². The first-order chi connectivity index (χ1) is 14.8. The quantitative estimate of drug-likeness (QED) is 0.734. The van der Waals surface area contributed by atoms with Crippen molar-refractivity contribution in [3.05, 3.63) is 29.3 Å². The summed E-state index contributed by atoms with van der Waals surface area (Å²) < 4.78 is 5.26. The van der Waals surface area contributed by atoms with E-state index in [0.29, 0.717) is 5.91 Å². The van der Waals surface area contributed by atoms with Gasteiger partial charge in [-0.05, 0) is 69.5 Å². The van der Waals surface area contributed by atoms with Gasteiger partial charge in [0.05, 0.1) is 13.2 Å². The van der Waals surface area contributed by atoms with Gasteiger partial charge in [-0.2, -0.15) is 0 Å². The number of hydrogen-bond donors (Lipinski definition) is 0. The van der Waals surface area contributed by atoms with E-state index in [0.717, 1.165) is 82.0 Å². The highest BCUT2D eigenvalue weighted by molar-refractivity contribution is 5.96. The molecule has 31 heavy (non-hydrogen) atoms. The van der Waals surface area contributed by atoms with Crippen LogP contribution in [0, 0.1) is 12.3 Å². The Bertz CT molecular complexity index is 826. The second-order valence-electron chi connectivity index (χ2n) is 9.74. The van der Waals surface area contributed by atoms with Crippen LogP contribution >= 0.6 is 0 Å². The maximum Gasteiger partial charge on any atom is 0.254 e. The first-order valence-corrected chi connectivity index (χ1v) is 11.4. The Morgan fingerprint density at radius 1 is 1.00 bits per heavy atom. The highest BCUT2D eigenvalue weighted by Gasteiger charge is 2.48. The van der Waals surface area contributed by atoms with Gasteiger partial charge in [-0.1, -0.05) is 0 Å². The molecule has 7 heteroatoms. The summed E-state index contributed by atoms with van der Waals surface area (Å²) in [7, 11) is 5.84. The normalized spacial score (nSPS) is 24.6. The van der Waals surface area contributed by atoms with Gasteiger partial charge < -0.3 is 19.4 Å². The Hall–Kier alpha value is -2.12. The molecule has 4 rings (SSSR count). The largest absolute Gasteiger partial charge is 0.497 e. The van der Waals surface area contributed by atoms with Crippen molar-refractivity contribution in [2.24, 2.45) is 5.41 Å². The van der Waals surface area contributed by atoms with Crippen LogP contribution in [0.1, 0.15) is 35.2 Å². The predicted molar refractivity (Wildman–Crippen MR) is 120 cm³/mol. The lowest BCUT2D eigenvalue weighted by molar-refractivity contribution is -0.137. The van der Waals surface area contributed by atoms with E-state index >= 15 is 0 Å². The van der Waals surface area contributed by atoms with Gasteiger partial charge in [-0.15, -0.1) is 0 Å². The molecule has 1 unspecified atom stereocenters. The molecule has 7 nitrogen and oxygen atoms in total. The number of benzene rings is 1. The fourth-order valence-corrected chi connectivity index (χ4v) is 5.50. The number of piperidine rings is 1. The molecule has 0 aliphatic carbocycles.